The minimum absolute atomic E-state index is 0.0722. The Morgan fingerprint density at radius 2 is 1.75 bits per heavy atom. The van der Waals surface area contributed by atoms with Crippen molar-refractivity contribution in [1.29, 1.82) is 0 Å². The average Bonchev–Trinajstić information content (AvgIpc) is 3.19. The number of nitrogens with one attached hydrogen (secondary N) is 1. The van der Waals surface area contributed by atoms with E-state index in [0.29, 0.717) is 29.3 Å². The largest absolute Gasteiger partial charge is 0.324 e. The maximum absolute atomic E-state index is 13.6. The van der Waals surface area contributed by atoms with Gasteiger partial charge in [0.05, 0.1) is 17.1 Å². The molecule has 0 spiro atoms. The minimum atomic E-state index is -0.323. The summed E-state index contributed by atoms with van der Waals surface area (Å²) in [6.07, 6.45) is 5.46. The van der Waals surface area contributed by atoms with Gasteiger partial charge in [0.25, 0.3) is 0 Å². The smallest absolute Gasteiger partial charge is 0.227 e. The van der Waals surface area contributed by atoms with Crippen molar-refractivity contribution in [3.05, 3.63) is 84.6 Å². The van der Waals surface area contributed by atoms with E-state index < -0.39 is 0 Å². The molecule has 0 radical (unpaired) electrons. The molecule has 0 aliphatic carbocycles. The van der Waals surface area contributed by atoms with Crippen LogP contribution in [0.1, 0.15) is 25.6 Å². The van der Waals surface area contributed by atoms with Crippen molar-refractivity contribution in [2.24, 2.45) is 0 Å². The second-order valence-corrected chi connectivity index (χ2v) is 7.43. The molecule has 160 valence electrons. The predicted molar refractivity (Wildman–Crippen MR) is 124 cm³/mol. The number of hydrogen-bond acceptors (Lipinski definition) is 5. The molecule has 0 bridgehead atoms. The zero-order valence-corrected chi connectivity index (χ0v) is 17.7. The Kier molecular flexibility index (Phi) is 6.17. The van der Waals surface area contributed by atoms with E-state index in [2.05, 4.69) is 10.3 Å². The number of hydrogen-bond donors (Lipinski definition) is 1. The Balaban J connectivity index is 1.89. The first kappa shape index (κ1) is 21.1. The van der Waals surface area contributed by atoms with E-state index >= 15 is 0 Å². The van der Waals surface area contributed by atoms with Crippen LogP contribution in [0.5, 0.6) is 0 Å². The summed E-state index contributed by atoms with van der Waals surface area (Å²) in [6.45, 7) is 4.04. The second-order valence-electron chi connectivity index (χ2n) is 7.43. The maximum Gasteiger partial charge on any atom is 0.227 e. The SMILES string of the molecule is CC(C)c1nc(-c2ccc(F)cc2)c(-c2ccnc(Nc3ccccc3)n2)n1C=CC=O. The van der Waals surface area contributed by atoms with Crippen LogP contribution >= 0.6 is 0 Å². The molecular formula is C25H22FN5O. The van der Waals surface area contributed by atoms with Gasteiger partial charge in [-0.1, -0.05) is 32.0 Å². The number of allylic oxidation sites excluding steroid dienone is 1. The van der Waals surface area contributed by atoms with Crippen molar-refractivity contribution in [3.8, 4) is 22.6 Å². The molecule has 0 unspecified atom stereocenters. The molecule has 0 saturated heterocycles. The lowest BCUT2D eigenvalue weighted by Crippen LogP contribution is -2.03. The molecule has 2 aromatic carbocycles. The quantitative estimate of drug-likeness (QED) is 0.303. The Labute approximate surface area is 185 Å². The number of aldehydes is 1. The minimum Gasteiger partial charge on any atom is -0.324 e. The van der Waals surface area contributed by atoms with Crippen LogP contribution in [0.4, 0.5) is 16.0 Å². The van der Waals surface area contributed by atoms with Crippen LogP contribution in [0.15, 0.2) is 72.9 Å². The van der Waals surface area contributed by atoms with Crippen LogP contribution in [0.3, 0.4) is 0 Å². The first-order chi connectivity index (χ1) is 15.6. The molecule has 6 nitrogen and oxygen atoms in total. The number of carbonyl (C=O) groups excluding carboxylic acids is 1. The third-order valence-electron chi connectivity index (χ3n) is 4.81. The van der Waals surface area contributed by atoms with E-state index in [0.717, 1.165) is 17.1 Å². The fraction of sp³-hybridized carbons (Fsp3) is 0.120. The molecule has 4 aromatic rings. The number of aromatic nitrogens is 4. The summed E-state index contributed by atoms with van der Waals surface area (Å²) in [5, 5.41) is 3.20. The number of rotatable bonds is 7. The molecule has 32 heavy (non-hydrogen) atoms. The van der Waals surface area contributed by atoms with Crippen molar-refractivity contribution in [1.82, 2.24) is 19.5 Å². The summed E-state index contributed by atoms with van der Waals surface area (Å²) < 4.78 is 15.4. The van der Waals surface area contributed by atoms with Crippen molar-refractivity contribution in [2.75, 3.05) is 5.32 Å². The molecule has 7 heteroatoms. The lowest BCUT2D eigenvalue weighted by atomic mass is 10.1. The van der Waals surface area contributed by atoms with Gasteiger partial charge in [-0.25, -0.2) is 19.3 Å². The van der Waals surface area contributed by atoms with Crippen LogP contribution in [-0.4, -0.2) is 25.8 Å². The van der Waals surface area contributed by atoms with Gasteiger partial charge < -0.3 is 9.88 Å². The van der Waals surface area contributed by atoms with E-state index in [1.54, 1.807) is 30.6 Å². The van der Waals surface area contributed by atoms with E-state index in [9.17, 15) is 9.18 Å². The normalized spacial score (nSPS) is 11.2. The molecule has 1 N–H and O–H groups in total. The zero-order chi connectivity index (χ0) is 22.5. The van der Waals surface area contributed by atoms with Gasteiger partial charge in [-0.3, -0.25) is 4.79 Å². The van der Waals surface area contributed by atoms with Crippen molar-refractivity contribution >= 4 is 24.1 Å². The summed E-state index contributed by atoms with van der Waals surface area (Å²) in [5.74, 6) is 0.935. The summed E-state index contributed by atoms with van der Waals surface area (Å²) in [6, 6.07) is 17.6. The highest BCUT2D eigenvalue weighted by atomic mass is 19.1. The number of nitrogens with zero attached hydrogens (tertiary/aromatic N) is 4. The van der Waals surface area contributed by atoms with Crippen LogP contribution < -0.4 is 5.32 Å². The molecule has 4 rings (SSSR count). The average molecular weight is 427 g/mol. The van der Waals surface area contributed by atoms with Gasteiger partial charge in [0.15, 0.2) is 0 Å². The molecule has 0 aliphatic heterocycles. The molecule has 0 atom stereocenters. The molecule has 0 fully saturated rings. The topological polar surface area (TPSA) is 72.7 Å². The monoisotopic (exact) mass is 427 g/mol. The van der Waals surface area contributed by atoms with Gasteiger partial charge in [-0.15, -0.1) is 0 Å². The van der Waals surface area contributed by atoms with E-state index in [1.807, 2.05) is 48.7 Å². The predicted octanol–water partition coefficient (Wildman–Crippen LogP) is 5.68. The highest BCUT2D eigenvalue weighted by Gasteiger charge is 2.22. The highest BCUT2D eigenvalue weighted by Crippen LogP contribution is 2.35. The first-order valence-electron chi connectivity index (χ1n) is 10.2. The van der Waals surface area contributed by atoms with Gasteiger partial charge in [-0.2, -0.15) is 0 Å². The van der Waals surface area contributed by atoms with E-state index in [1.165, 1.54) is 18.2 Å². The van der Waals surface area contributed by atoms with Gasteiger partial charge in [-0.05, 0) is 48.5 Å². The van der Waals surface area contributed by atoms with Crippen LogP contribution in [0.25, 0.3) is 28.8 Å². The number of para-hydroxylation sites is 1. The van der Waals surface area contributed by atoms with E-state index in [4.69, 9.17) is 9.97 Å². The van der Waals surface area contributed by atoms with Gasteiger partial charge >= 0.3 is 0 Å². The number of carbonyl (C=O) groups is 1. The summed E-state index contributed by atoms with van der Waals surface area (Å²) in [5.41, 5.74) is 3.57. The summed E-state index contributed by atoms with van der Waals surface area (Å²) >= 11 is 0. The first-order valence-corrected chi connectivity index (χ1v) is 10.2. The number of anilines is 2. The molecule has 0 saturated carbocycles. The van der Waals surface area contributed by atoms with E-state index in [-0.39, 0.29) is 11.7 Å². The van der Waals surface area contributed by atoms with Gasteiger partial charge in [0.1, 0.15) is 17.9 Å². The Hall–Kier alpha value is -4.13. The molecule has 0 amide bonds. The van der Waals surface area contributed by atoms with Crippen molar-refractivity contribution < 1.29 is 9.18 Å². The Morgan fingerprint density at radius 1 is 1.00 bits per heavy atom. The van der Waals surface area contributed by atoms with Crippen molar-refractivity contribution in [3.63, 3.8) is 0 Å². The summed E-state index contributed by atoms with van der Waals surface area (Å²) in [7, 11) is 0. The van der Waals surface area contributed by atoms with Gasteiger partial charge in [0, 0.05) is 29.6 Å². The molecular weight excluding hydrogens is 405 g/mol. The second kappa shape index (κ2) is 9.34. The molecule has 0 aliphatic rings. The zero-order valence-electron chi connectivity index (χ0n) is 17.7. The lowest BCUT2D eigenvalue weighted by Gasteiger charge is -2.11. The van der Waals surface area contributed by atoms with Crippen LogP contribution in [-0.2, 0) is 4.79 Å². The fourth-order valence-electron chi connectivity index (χ4n) is 3.38. The summed E-state index contributed by atoms with van der Waals surface area (Å²) in [4.78, 5) is 25.0. The number of benzene rings is 2. The third kappa shape index (κ3) is 4.46. The van der Waals surface area contributed by atoms with Gasteiger partial charge in [0.2, 0.25) is 5.95 Å². The lowest BCUT2D eigenvalue weighted by molar-refractivity contribution is -0.104. The van der Waals surface area contributed by atoms with Crippen molar-refractivity contribution in [2.45, 2.75) is 19.8 Å². The van der Waals surface area contributed by atoms with Crippen LogP contribution in [0.2, 0.25) is 0 Å². The Bertz CT molecular complexity index is 1250. The highest BCUT2D eigenvalue weighted by molar-refractivity contribution is 5.81. The molecule has 2 aromatic heterocycles. The molecule has 2 heterocycles. The fourth-order valence-corrected chi connectivity index (χ4v) is 3.38. The third-order valence-corrected chi connectivity index (χ3v) is 4.81. The standard InChI is InChI=1S/C25H22FN5O/c1-17(2)24-30-22(18-9-11-19(26)12-10-18)23(31(24)15-6-16-32)21-13-14-27-25(29-21)28-20-7-4-3-5-8-20/h3-17H,1-2H3,(H,27,28,29). The Morgan fingerprint density at radius 3 is 2.44 bits per heavy atom. The number of imidazole rings is 1. The maximum atomic E-state index is 13.6. The number of halogens is 1. The van der Waals surface area contributed by atoms with Crippen LogP contribution in [0, 0.1) is 5.82 Å².